The number of para-hydroxylation sites is 1. The lowest BCUT2D eigenvalue weighted by Crippen LogP contribution is -2.22. The number of aryl methyl sites for hydroxylation is 1. The van der Waals surface area contributed by atoms with E-state index >= 15 is 0 Å². The zero-order valence-electron chi connectivity index (χ0n) is 20.3. The first-order valence-corrected chi connectivity index (χ1v) is 12.9. The van der Waals surface area contributed by atoms with Gasteiger partial charge in [0.05, 0.1) is 0 Å². The summed E-state index contributed by atoms with van der Waals surface area (Å²) >= 11 is 1.54. The number of amides is 1. The van der Waals surface area contributed by atoms with Crippen molar-refractivity contribution in [3.63, 3.8) is 0 Å². The minimum Gasteiger partial charge on any atom is -0.322 e. The number of benzene rings is 2. The van der Waals surface area contributed by atoms with Gasteiger partial charge in [-0.15, -0.1) is 18.3 Å². The molecule has 3 rings (SSSR count). The van der Waals surface area contributed by atoms with E-state index in [9.17, 15) is 9.59 Å². The predicted octanol–water partition coefficient (Wildman–Crippen LogP) is 8.09. The van der Waals surface area contributed by atoms with Crippen molar-refractivity contribution in [2.45, 2.75) is 52.4 Å². The van der Waals surface area contributed by atoms with Gasteiger partial charge >= 0.3 is 0 Å². The molecule has 0 radical (unpaired) electrons. The van der Waals surface area contributed by atoms with E-state index in [-0.39, 0.29) is 11.8 Å². The molecule has 4 heteroatoms. The Bertz CT molecular complexity index is 1060. The summed E-state index contributed by atoms with van der Waals surface area (Å²) in [5, 5.41) is 4.96. The first-order chi connectivity index (χ1) is 16.4. The first kappa shape index (κ1) is 25.8. The van der Waals surface area contributed by atoms with E-state index in [2.05, 4.69) is 49.7 Å². The average molecular weight is 474 g/mol. The number of nitrogens with one attached hydrogen (secondary N) is 1. The maximum atomic E-state index is 12.9. The largest absolute Gasteiger partial charge is 0.322 e. The molecule has 0 atom stereocenters. The van der Waals surface area contributed by atoms with Crippen molar-refractivity contribution in [3.05, 3.63) is 89.2 Å². The molecule has 0 heterocycles. The van der Waals surface area contributed by atoms with Gasteiger partial charge < -0.3 is 5.32 Å². The second-order valence-electron chi connectivity index (χ2n) is 9.09. The molecule has 178 valence electrons. The molecule has 0 bridgehead atoms. The SMILES string of the molecule is C=CCCC(=O)C1CCC(C(=C)S/C=C(\C)C(=O)Nc2ccccc2-c2ccc(C)cc2)CC1. The zero-order valence-corrected chi connectivity index (χ0v) is 21.1. The number of allylic oxidation sites excluding steroid dienone is 2. The summed E-state index contributed by atoms with van der Waals surface area (Å²) in [6.07, 6.45) is 7.02. The van der Waals surface area contributed by atoms with Crippen LogP contribution in [0, 0.1) is 18.8 Å². The highest BCUT2D eigenvalue weighted by molar-refractivity contribution is 8.05. The molecule has 0 spiro atoms. The van der Waals surface area contributed by atoms with Crippen molar-refractivity contribution in [1.82, 2.24) is 0 Å². The summed E-state index contributed by atoms with van der Waals surface area (Å²) < 4.78 is 0. The third-order valence-corrected chi connectivity index (χ3v) is 7.62. The number of Topliss-reactive ketones (excluding diaryl/α,β-unsaturated/α-hetero) is 1. The van der Waals surface area contributed by atoms with Crippen LogP contribution in [-0.4, -0.2) is 11.7 Å². The van der Waals surface area contributed by atoms with E-state index in [0.717, 1.165) is 53.8 Å². The second kappa shape index (κ2) is 12.6. The Morgan fingerprint density at radius 2 is 1.68 bits per heavy atom. The number of hydrogen-bond acceptors (Lipinski definition) is 3. The highest BCUT2D eigenvalue weighted by atomic mass is 32.2. The molecule has 1 N–H and O–H groups in total. The Morgan fingerprint density at radius 3 is 2.35 bits per heavy atom. The molecule has 1 aliphatic rings. The Labute approximate surface area is 208 Å². The molecule has 1 amide bonds. The van der Waals surface area contributed by atoms with Gasteiger partial charge in [0.2, 0.25) is 0 Å². The fraction of sp³-hybridized carbons (Fsp3) is 0.333. The van der Waals surface area contributed by atoms with E-state index < -0.39 is 0 Å². The van der Waals surface area contributed by atoms with Crippen molar-refractivity contribution in [1.29, 1.82) is 0 Å². The van der Waals surface area contributed by atoms with Crippen molar-refractivity contribution < 1.29 is 9.59 Å². The van der Waals surface area contributed by atoms with Gasteiger partial charge in [0.15, 0.2) is 0 Å². The average Bonchev–Trinajstić information content (AvgIpc) is 2.86. The van der Waals surface area contributed by atoms with Crippen LogP contribution in [0.3, 0.4) is 0 Å². The summed E-state index contributed by atoms with van der Waals surface area (Å²) in [4.78, 5) is 26.2. The maximum Gasteiger partial charge on any atom is 0.251 e. The third kappa shape index (κ3) is 7.07. The number of rotatable bonds is 10. The molecular formula is C30H35NO2S. The topological polar surface area (TPSA) is 46.2 Å². The molecule has 2 aromatic carbocycles. The van der Waals surface area contributed by atoms with Crippen LogP contribution in [0.25, 0.3) is 11.1 Å². The smallest absolute Gasteiger partial charge is 0.251 e. The number of ketones is 1. The molecule has 34 heavy (non-hydrogen) atoms. The molecule has 2 aromatic rings. The standard InChI is InChI=1S/C30H35NO2S/c1-5-6-11-29(32)26-18-16-24(17-19-26)23(4)34-20-22(3)30(33)31-28-10-8-7-9-27(28)25-14-12-21(2)13-15-25/h5,7-10,12-15,20,24,26H,1,4,6,11,16-19H2,2-3H3,(H,31,33)/b22-20+. The second-order valence-corrected chi connectivity index (χ2v) is 10.1. The van der Waals surface area contributed by atoms with Crippen LogP contribution in [0.15, 0.2) is 83.7 Å². The number of thioether (sulfide) groups is 1. The highest BCUT2D eigenvalue weighted by Gasteiger charge is 2.27. The van der Waals surface area contributed by atoms with Gasteiger partial charge in [0.1, 0.15) is 5.78 Å². The molecule has 1 saturated carbocycles. The van der Waals surface area contributed by atoms with E-state index in [1.54, 1.807) is 11.8 Å². The predicted molar refractivity (Wildman–Crippen MR) is 146 cm³/mol. The van der Waals surface area contributed by atoms with Crippen molar-refractivity contribution in [2.24, 2.45) is 11.8 Å². The van der Waals surface area contributed by atoms with Crippen LogP contribution in [0.5, 0.6) is 0 Å². The third-order valence-electron chi connectivity index (χ3n) is 6.52. The minimum atomic E-state index is -0.114. The normalized spacial score (nSPS) is 18.2. The molecule has 0 aromatic heterocycles. The molecule has 0 saturated heterocycles. The van der Waals surface area contributed by atoms with Gasteiger partial charge in [0, 0.05) is 29.2 Å². The number of carbonyl (C=O) groups is 2. The van der Waals surface area contributed by atoms with E-state index in [1.165, 1.54) is 5.56 Å². The lowest BCUT2D eigenvalue weighted by molar-refractivity contribution is -0.123. The van der Waals surface area contributed by atoms with Gasteiger partial charge in [-0.05, 0) is 73.8 Å². The molecular weight excluding hydrogens is 438 g/mol. The lowest BCUT2D eigenvalue weighted by atomic mass is 9.79. The molecule has 1 fully saturated rings. The van der Waals surface area contributed by atoms with Gasteiger partial charge in [-0.3, -0.25) is 9.59 Å². The Morgan fingerprint density at radius 1 is 1.03 bits per heavy atom. The molecule has 0 aliphatic heterocycles. The summed E-state index contributed by atoms with van der Waals surface area (Å²) in [6.45, 7) is 11.9. The Balaban J connectivity index is 1.55. The van der Waals surface area contributed by atoms with Gasteiger partial charge in [0.25, 0.3) is 5.91 Å². The summed E-state index contributed by atoms with van der Waals surface area (Å²) in [6, 6.07) is 16.2. The van der Waals surface area contributed by atoms with Crippen LogP contribution < -0.4 is 5.32 Å². The zero-order chi connectivity index (χ0) is 24.5. The van der Waals surface area contributed by atoms with E-state index in [1.807, 2.05) is 42.7 Å². The van der Waals surface area contributed by atoms with Gasteiger partial charge in [-0.25, -0.2) is 0 Å². The van der Waals surface area contributed by atoms with E-state index in [0.29, 0.717) is 23.7 Å². The van der Waals surface area contributed by atoms with Gasteiger partial charge in [-0.1, -0.05) is 60.7 Å². The van der Waals surface area contributed by atoms with Crippen molar-refractivity contribution >= 4 is 29.1 Å². The Kier molecular flexibility index (Phi) is 9.52. The summed E-state index contributed by atoms with van der Waals surface area (Å²) in [5.41, 5.74) is 4.73. The fourth-order valence-electron chi connectivity index (χ4n) is 4.30. The fourth-order valence-corrected chi connectivity index (χ4v) is 5.16. The number of hydrogen-bond donors (Lipinski definition) is 1. The molecule has 0 unspecified atom stereocenters. The lowest BCUT2D eigenvalue weighted by Gasteiger charge is -2.28. The van der Waals surface area contributed by atoms with Crippen molar-refractivity contribution in [2.75, 3.05) is 5.32 Å². The number of anilines is 1. The molecule has 1 aliphatic carbocycles. The van der Waals surface area contributed by atoms with Crippen molar-refractivity contribution in [3.8, 4) is 11.1 Å². The molecule has 3 nitrogen and oxygen atoms in total. The Hall–Kier alpha value is -2.85. The van der Waals surface area contributed by atoms with Crippen LogP contribution in [0.2, 0.25) is 0 Å². The van der Waals surface area contributed by atoms with E-state index in [4.69, 9.17) is 0 Å². The quantitative estimate of drug-likeness (QED) is 0.280. The minimum absolute atomic E-state index is 0.114. The highest BCUT2D eigenvalue weighted by Crippen LogP contribution is 2.38. The summed E-state index contributed by atoms with van der Waals surface area (Å²) in [5.74, 6) is 0.833. The van der Waals surface area contributed by atoms with Crippen LogP contribution in [-0.2, 0) is 9.59 Å². The summed E-state index contributed by atoms with van der Waals surface area (Å²) in [7, 11) is 0. The van der Waals surface area contributed by atoms with Gasteiger partial charge in [-0.2, -0.15) is 0 Å². The van der Waals surface area contributed by atoms with Crippen LogP contribution in [0.4, 0.5) is 5.69 Å². The van der Waals surface area contributed by atoms with Crippen LogP contribution >= 0.6 is 11.8 Å². The monoisotopic (exact) mass is 473 g/mol. The first-order valence-electron chi connectivity index (χ1n) is 12.0. The van der Waals surface area contributed by atoms with Crippen LogP contribution in [0.1, 0.15) is 51.0 Å². The number of carbonyl (C=O) groups excluding carboxylic acids is 2. The maximum absolute atomic E-state index is 12.9.